The Bertz CT molecular complexity index is 403. The van der Waals surface area contributed by atoms with Gasteiger partial charge in [0, 0.05) is 23.8 Å². The van der Waals surface area contributed by atoms with Gasteiger partial charge in [0.2, 0.25) is 0 Å². The van der Waals surface area contributed by atoms with Crippen molar-refractivity contribution in [3.05, 3.63) is 35.9 Å². The summed E-state index contributed by atoms with van der Waals surface area (Å²) in [6.45, 7) is 0. The van der Waals surface area contributed by atoms with Crippen molar-refractivity contribution in [3.8, 4) is 0 Å². The summed E-state index contributed by atoms with van der Waals surface area (Å²) in [5.74, 6) is 0. The Morgan fingerprint density at radius 2 is 0.909 bits per heavy atom. The van der Waals surface area contributed by atoms with E-state index in [1.54, 1.807) is 0 Å². The monoisotopic (exact) mass is 302 g/mol. The third kappa shape index (κ3) is 7.43. The summed E-state index contributed by atoms with van der Waals surface area (Å²) >= 11 is 0. The first-order chi connectivity index (χ1) is 10.9. The second kappa shape index (κ2) is 11.0. The molecule has 122 valence electrons. The molecule has 0 spiro atoms. The van der Waals surface area contributed by atoms with E-state index in [4.69, 9.17) is 0 Å². The average molecular weight is 302 g/mol. The van der Waals surface area contributed by atoms with Crippen LogP contribution in [0.25, 0.3) is 0 Å². The highest BCUT2D eigenvalue weighted by molar-refractivity contribution is 4.97. The molecule has 0 aromatic carbocycles. The number of aromatic nitrogens is 4. The van der Waals surface area contributed by atoms with Crippen LogP contribution in [0, 0.1) is 0 Å². The molecule has 0 aliphatic heterocycles. The number of nitrogens with one attached hydrogen (secondary N) is 2. The zero-order chi connectivity index (χ0) is 15.3. The molecule has 0 radical (unpaired) electrons. The third-order valence-corrected chi connectivity index (χ3v) is 4.26. The Balaban J connectivity index is 1.29. The van der Waals surface area contributed by atoms with E-state index in [0.29, 0.717) is 0 Å². The van der Waals surface area contributed by atoms with Crippen molar-refractivity contribution in [2.75, 3.05) is 0 Å². The smallest absolute Gasteiger partial charge is 0.0490 e. The molecule has 0 aliphatic carbocycles. The molecule has 2 rings (SSSR count). The SMILES string of the molecule is c1cc(CCCCCCCCCCCCc2ccn[nH]2)[nH]n1. The summed E-state index contributed by atoms with van der Waals surface area (Å²) in [4.78, 5) is 0. The maximum absolute atomic E-state index is 3.98. The maximum atomic E-state index is 3.98. The molecule has 0 bridgehead atoms. The molecular formula is C18H30N4. The molecule has 4 heteroatoms. The van der Waals surface area contributed by atoms with Crippen LogP contribution in [0.3, 0.4) is 0 Å². The minimum Gasteiger partial charge on any atom is -0.283 e. The molecule has 0 fully saturated rings. The summed E-state index contributed by atoms with van der Waals surface area (Å²) in [5, 5.41) is 14.0. The van der Waals surface area contributed by atoms with Gasteiger partial charge in [0.15, 0.2) is 0 Å². The standard InChI is InChI=1S/C18H30N4/c1(3-5-7-9-11-17-13-15-19-21-17)2-4-6-8-10-12-18-14-16-20-22-18/h13-16H,1-12H2,(H,19,21)(H,20,22). The van der Waals surface area contributed by atoms with Crippen LogP contribution in [0.2, 0.25) is 0 Å². The molecule has 4 nitrogen and oxygen atoms in total. The van der Waals surface area contributed by atoms with Crippen LogP contribution in [0.4, 0.5) is 0 Å². The van der Waals surface area contributed by atoms with Gasteiger partial charge in [-0.05, 0) is 37.8 Å². The van der Waals surface area contributed by atoms with E-state index in [1.165, 1.54) is 75.6 Å². The molecular weight excluding hydrogens is 272 g/mol. The lowest BCUT2D eigenvalue weighted by atomic mass is 10.0. The predicted molar refractivity (Wildman–Crippen MR) is 90.8 cm³/mol. The van der Waals surface area contributed by atoms with E-state index in [-0.39, 0.29) is 0 Å². The second-order valence-electron chi connectivity index (χ2n) is 6.20. The number of hydrogen-bond donors (Lipinski definition) is 2. The van der Waals surface area contributed by atoms with Gasteiger partial charge in [0.25, 0.3) is 0 Å². The fourth-order valence-electron chi connectivity index (χ4n) is 2.89. The summed E-state index contributed by atoms with van der Waals surface area (Å²) in [7, 11) is 0. The Morgan fingerprint density at radius 1 is 0.545 bits per heavy atom. The molecule has 2 aromatic heterocycles. The second-order valence-corrected chi connectivity index (χ2v) is 6.20. The Morgan fingerprint density at radius 3 is 1.23 bits per heavy atom. The number of unbranched alkanes of at least 4 members (excludes halogenated alkanes) is 9. The van der Waals surface area contributed by atoms with Gasteiger partial charge >= 0.3 is 0 Å². The predicted octanol–water partition coefficient (Wildman–Crippen LogP) is 4.82. The number of hydrogen-bond acceptors (Lipinski definition) is 2. The van der Waals surface area contributed by atoms with Gasteiger partial charge in [-0.25, -0.2) is 0 Å². The van der Waals surface area contributed by atoms with Gasteiger partial charge in [-0.2, -0.15) is 10.2 Å². The Labute approximate surface area is 134 Å². The first-order valence-corrected chi connectivity index (χ1v) is 8.91. The lowest BCUT2D eigenvalue weighted by Gasteiger charge is -2.02. The highest BCUT2D eigenvalue weighted by Gasteiger charge is 1.96. The van der Waals surface area contributed by atoms with E-state index in [9.17, 15) is 0 Å². The molecule has 2 heterocycles. The molecule has 2 N–H and O–H groups in total. The minimum absolute atomic E-state index is 1.15. The van der Waals surface area contributed by atoms with Crippen molar-refractivity contribution in [1.82, 2.24) is 20.4 Å². The molecule has 0 unspecified atom stereocenters. The number of aryl methyl sites for hydroxylation is 2. The fourth-order valence-corrected chi connectivity index (χ4v) is 2.89. The zero-order valence-electron chi connectivity index (χ0n) is 13.7. The van der Waals surface area contributed by atoms with E-state index in [2.05, 4.69) is 32.5 Å². The number of rotatable bonds is 13. The van der Waals surface area contributed by atoms with Crippen LogP contribution in [-0.4, -0.2) is 20.4 Å². The van der Waals surface area contributed by atoms with Crippen LogP contribution in [-0.2, 0) is 12.8 Å². The Kier molecular flexibility index (Phi) is 8.43. The number of H-pyrrole nitrogens is 2. The summed E-state index contributed by atoms with van der Waals surface area (Å²) < 4.78 is 0. The lowest BCUT2D eigenvalue weighted by molar-refractivity contribution is 0.549. The van der Waals surface area contributed by atoms with Gasteiger partial charge in [-0.15, -0.1) is 0 Å². The van der Waals surface area contributed by atoms with E-state index in [1.807, 2.05) is 12.4 Å². The normalized spacial score (nSPS) is 11.1. The molecule has 0 saturated carbocycles. The van der Waals surface area contributed by atoms with Crippen molar-refractivity contribution in [2.45, 2.75) is 77.0 Å². The summed E-state index contributed by atoms with van der Waals surface area (Å²) in [6, 6.07) is 4.15. The van der Waals surface area contributed by atoms with Gasteiger partial charge in [-0.1, -0.05) is 51.4 Å². The van der Waals surface area contributed by atoms with E-state index >= 15 is 0 Å². The average Bonchev–Trinajstić information content (AvgIpc) is 3.21. The number of nitrogens with zero attached hydrogens (tertiary/aromatic N) is 2. The lowest BCUT2D eigenvalue weighted by Crippen LogP contribution is -1.88. The van der Waals surface area contributed by atoms with Crippen molar-refractivity contribution in [3.63, 3.8) is 0 Å². The van der Waals surface area contributed by atoms with Crippen molar-refractivity contribution in [2.24, 2.45) is 0 Å². The first kappa shape index (κ1) is 16.8. The Hall–Kier alpha value is -1.58. The molecule has 22 heavy (non-hydrogen) atoms. The highest BCUT2D eigenvalue weighted by Crippen LogP contribution is 2.12. The van der Waals surface area contributed by atoms with E-state index < -0.39 is 0 Å². The molecule has 0 aliphatic rings. The van der Waals surface area contributed by atoms with Crippen molar-refractivity contribution in [1.29, 1.82) is 0 Å². The molecule has 0 saturated heterocycles. The van der Waals surface area contributed by atoms with Crippen LogP contribution >= 0.6 is 0 Å². The maximum Gasteiger partial charge on any atom is 0.0490 e. The number of aromatic amines is 2. The minimum atomic E-state index is 1.15. The largest absolute Gasteiger partial charge is 0.283 e. The van der Waals surface area contributed by atoms with Gasteiger partial charge in [-0.3, -0.25) is 10.2 Å². The molecule has 0 amide bonds. The van der Waals surface area contributed by atoms with Crippen LogP contribution < -0.4 is 0 Å². The van der Waals surface area contributed by atoms with E-state index in [0.717, 1.165) is 12.8 Å². The topological polar surface area (TPSA) is 57.4 Å². The van der Waals surface area contributed by atoms with Crippen molar-refractivity contribution < 1.29 is 0 Å². The quantitative estimate of drug-likeness (QED) is 0.521. The third-order valence-electron chi connectivity index (χ3n) is 4.26. The fraction of sp³-hybridized carbons (Fsp3) is 0.667. The van der Waals surface area contributed by atoms with Crippen LogP contribution in [0.1, 0.15) is 75.6 Å². The van der Waals surface area contributed by atoms with Gasteiger partial charge in [0.05, 0.1) is 0 Å². The first-order valence-electron chi connectivity index (χ1n) is 8.91. The van der Waals surface area contributed by atoms with Gasteiger partial charge in [0.1, 0.15) is 0 Å². The molecule has 2 aromatic rings. The van der Waals surface area contributed by atoms with Gasteiger partial charge < -0.3 is 0 Å². The van der Waals surface area contributed by atoms with Crippen LogP contribution in [0.15, 0.2) is 24.5 Å². The molecule has 0 atom stereocenters. The summed E-state index contributed by atoms with van der Waals surface area (Å²) in [6.07, 6.45) is 19.6. The van der Waals surface area contributed by atoms with Crippen molar-refractivity contribution >= 4 is 0 Å². The summed E-state index contributed by atoms with van der Waals surface area (Å²) in [5.41, 5.74) is 2.55. The highest BCUT2D eigenvalue weighted by atomic mass is 15.1. The zero-order valence-corrected chi connectivity index (χ0v) is 13.7. The van der Waals surface area contributed by atoms with Crippen LogP contribution in [0.5, 0.6) is 0 Å².